The quantitative estimate of drug-likeness (QED) is 0.668. The molecular weight excluding hydrogens is 341 g/mol. The van der Waals surface area contributed by atoms with Crippen molar-refractivity contribution in [3.63, 3.8) is 0 Å². The van der Waals surface area contributed by atoms with E-state index in [9.17, 15) is 9.18 Å². The molecule has 0 aliphatic heterocycles. The Labute approximate surface area is 148 Å². The summed E-state index contributed by atoms with van der Waals surface area (Å²) in [6.45, 7) is 3.52. The largest absolute Gasteiger partial charge is 0.486 e. The Bertz CT molecular complexity index is 898. The fourth-order valence-corrected chi connectivity index (χ4v) is 2.54. The van der Waals surface area contributed by atoms with Crippen LogP contribution in [0.15, 0.2) is 24.3 Å². The van der Waals surface area contributed by atoms with Crippen molar-refractivity contribution in [1.29, 1.82) is 0 Å². The number of ether oxygens (including phenoxy) is 1. The van der Waals surface area contributed by atoms with Crippen LogP contribution in [0, 0.1) is 19.7 Å². The Morgan fingerprint density at radius 1 is 1.31 bits per heavy atom. The number of aliphatic carboxylic acids is 1. The van der Waals surface area contributed by atoms with Gasteiger partial charge < -0.3 is 9.84 Å². The number of hydrogen-bond acceptors (Lipinski definition) is 5. The van der Waals surface area contributed by atoms with Gasteiger partial charge in [0, 0.05) is 17.7 Å². The van der Waals surface area contributed by atoms with Gasteiger partial charge in [-0.3, -0.25) is 9.89 Å². The molecule has 2 N–H and O–H groups in total. The minimum atomic E-state index is -1.01. The summed E-state index contributed by atoms with van der Waals surface area (Å²) in [5, 5.41) is 20.3. The summed E-state index contributed by atoms with van der Waals surface area (Å²) in [6, 6.07) is 5.59. The first-order chi connectivity index (χ1) is 12.4. The zero-order valence-electron chi connectivity index (χ0n) is 14.4. The molecule has 3 rings (SSSR count). The molecule has 0 aliphatic rings. The van der Waals surface area contributed by atoms with Gasteiger partial charge in [0.25, 0.3) is 0 Å². The fourth-order valence-electron chi connectivity index (χ4n) is 2.54. The second kappa shape index (κ2) is 7.34. The number of aromatic amines is 1. The first-order valence-corrected chi connectivity index (χ1v) is 7.95. The van der Waals surface area contributed by atoms with Crippen LogP contribution in [0.5, 0.6) is 5.75 Å². The zero-order valence-corrected chi connectivity index (χ0v) is 14.4. The van der Waals surface area contributed by atoms with E-state index in [1.807, 2.05) is 13.8 Å². The average Bonchev–Trinajstić information content (AvgIpc) is 3.12. The molecule has 2 heterocycles. The number of benzene rings is 1. The summed E-state index contributed by atoms with van der Waals surface area (Å²) < 4.78 is 19.8. The molecule has 0 radical (unpaired) electrons. The molecule has 0 spiro atoms. The maximum Gasteiger partial charge on any atom is 0.325 e. The van der Waals surface area contributed by atoms with Crippen molar-refractivity contribution in [2.24, 2.45) is 0 Å². The van der Waals surface area contributed by atoms with E-state index < -0.39 is 5.97 Å². The summed E-state index contributed by atoms with van der Waals surface area (Å²) in [7, 11) is 0. The minimum Gasteiger partial charge on any atom is -0.486 e. The molecule has 2 aromatic heterocycles. The molecule has 0 bridgehead atoms. The van der Waals surface area contributed by atoms with Crippen LogP contribution in [0.25, 0.3) is 0 Å². The predicted octanol–water partition coefficient (Wildman–Crippen LogP) is 2.01. The van der Waals surface area contributed by atoms with Crippen LogP contribution in [0.1, 0.15) is 28.6 Å². The van der Waals surface area contributed by atoms with Crippen molar-refractivity contribution in [1.82, 2.24) is 25.0 Å². The Balaban J connectivity index is 1.79. The number of nitrogens with zero attached hydrogens (tertiary/aromatic N) is 4. The summed E-state index contributed by atoms with van der Waals surface area (Å²) in [6.07, 6.45) is 0.408. The smallest absolute Gasteiger partial charge is 0.325 e. The van der Waals surface area contributed by atoms with Crippen LogP contribution in [0.3, 0.4) is 0 Å². The monoisotopic (exact) mass is 359 g/mol. The van der Waals surface area contributed by atoms with Gasteiger partial charge in [-0.1, -0.05) is 0 Å². The molecule has 136 valence electrons. The van der Waals surface area contributed by atoms with Gasteiger partial charge in [-0.05, 0) is 38.1 Å². The van der Waals surface area contributed by atoms with Gasteiger partial charge >= 0.3 is 5.97 Å². The average molecular weight is 359 g/mol. The first kappa shape index (κ1) is 17.6. The van der Waals surface area contributed by atoms with Crippen LogP contribution in [0.4, 0.5) is 4.39 Å². The SMILES string of the molecule is Cc1n[nH]c(C)c1Cc1nc(COc2ccc(F)cc2)nn1CC(=O)O. The van der Waals surface area contributed by atoms with Crippen molar-refractivity contribution >= 4 is 5.97 Å². The number of aromatic nitrogens is 5. The van der Waals surface area contributed by atoms with Gasteiger partial charge in [0.05, 0.1) is 5.69 Å². The van der Waals surface area contributed by atoms with Crippen molar-refractivity contribution < 1.29 is 19.0 Å². The zero-order chi connectivity index (χ0) is 18.7. The number of hydrogen-bond donors (Lipinski definition) is 2. The Morgan fingerprint density at radius 2 is 2.04 bits per heavy atom. The molecule has 0 unspecified atom stereocenters. The molecule has 3 aromatic rings. The molecule has 26 heavy (non-hydrogen) atoms. The third-order valence-electron chi connectivity index (χ3n) is 3.87. The number of rotatable bonds is 7. The van der Waals surface area contributed by atoms with Crippen LogP contribution in [0.2, 0.25) is 0 Å². The number of carboxylic acid groups (broad SMARTS) is 1. The number of H-pyrrole nitrogens is 1. The molecular formula is C17H18FN5O3. The topological polar surface area (TPSA) is 106 Å². The molecule has 8 nitrogen and oxygen atoms in total. The molecule has 1 aromatic carbocycles. The van der Waals surface area contributed by atoms with E-state index in [1.54, 1.807) is 0 Å². The Morgan fingerprint density at radius 3 is 2.65 bits per heavy atom. The molecule has 0 amide bonds. The van der Waals surface area contributed by atoms with Gasteiger partial charge in [-0.25, -0.2) is 14.1 Å². The lowest BCUT2D eigenvalue weighted by Gasteiger charge is -2.03. The van der Waals surface area contributed by atoms with Crippen LogP contribution in [-0.4, -0.2) is 36.0 Å². The maximum atomic E-state index is 12.9. The second-order valence-electron chi connectivity index (χ2n) is 5.83. The number of carbonyl (C=O) groups is 1. The molecule has 0 saturated heterocycles. The summed E-state index contributed by atoms with van der Waals surface area (Å²) in [4.78, 5) is 15.5. The highest BCUT2D eigenvalue weighted by molar-refractivity contribution is 5.66. The molecule has 9 heteroatoms. The molecule has 0 fully saturated rings. The van der Waals surface area contributed by atoms with Crippen molar-refractivity contribution in [3.05, 3.63) is 58.7 Å². The predicted molar refractivity (Wildman–Crippen MR) is 89.3 cm³/mol. The number of halogens is 1. The number of nitrogens with one attached hydrogen (secondary N) is 1. The van der Waals surface area contributed by atoms with Gasteiger partial charge in [-0.15, -0.1) is 0 Å². The van der Waals surface area contributed by atoms with Crippen molar-refractivity contribution in [3.8, 4) is 5.75 Å². The third kappa shape index (κ3) is 4.05. The molecule has 0 saturated carbocycles. The van der Waals surface area contributed by atoms with Gasteiger partial charge in [0.1, 0.15) is 30.5 Å². The fraction of sp³-hybridized carbons (Fsp3) is 0.294. The van der Waals surface area contributed by atoms with E-state index in [-0.39, 0.29) is 19.0 Å². The highest BCUT2D eigenvalue weighted by atomic mass is 19.1. The van der Waals surface area contributed by atoms with E-state index in [0.717, 1.165) is 17.0 Å². The van der Waals surface area contributed by atoms with Gasteiger partial charge in [0.2, 0.25) is 0 Å². The lowest BCUT2D eigenvalue weighted by atomic mass is 10.1. The van der Waals surface area contributed by atoms with Gasteiger partial charge in [-0.2, -0.15) is 10.2 Å². The van der Waals surface area contributed by atoms with Crippen LogP contribution in [-0.2, 0) is 24.4 Å². The van der Waals surface area contributed by atoms with E-state index in [4.69, 9.17) is 9.84 Å². The summed E-state index contributed by atoms with van der Waals surface area (Å²) in [5.74, 6) is -0.0247. The summed E-state index contributed by atoms with van der Waals surface area (Å²) in [5.41, 5.74) is 2.68. The number of carboxylic acids is 1. The Hall–Kier alpha value is -3.23. The van der Waals surface area contributed by atoms with Crippen LogP contribution >= 0.6 is 0 Å². The Kier molecular flexibility index (Phi) is 4.97. The van der Waals surface area contributed by atoms with Crippen LogP contribution < -0.4 is 4.74 Å². The first-order valence-electron chi connectivity index (χ1n) is 7.95. The minimum absolute atomic E-state index is 0.0502. The standard InChI is InChI=1S/C17H18FN5O3/c1-10-14(11(2)21-20-10)7-16-19-15(22-23(16)8-17(24)25)9-26-13-5-3-12(18)4-6-13/h3-6H,7-9H2,1-2H3,(H,20,21)(H,24,25). The number of aryl methyl sites for hydroxylation is 2. The van der Waals surface area contributed by atoms with Crippen molar-refractivity contribution in [2.75, 3.05) is 0 Å². The lowest BCUT2D eigenvalue weighted by molar-refractivity contribution is -0.137. The van der Waals surface area contributed by atoms with E-state index >= 15 is 0 Å². The van der Waals surface area contributed by atoms with E-state index in [2.05, 4.69) is 20.3 Å². The highest BCUT2D eigenvalue weighted by Gasteiger charge is 2.16. The van der Waals surface area contributed by atoms with E-state index in [0.29, 0.717) is 23.8 Å². The van der Waals surface area contributed by atoms with Gasteiger partial charge in [0.15, 0.2) is 5.82 Å². The van der Waals surface area contributed by atoms with Crippen molar-refractivity contribution in [2.45, 2.75) is 33.4 Å². The molecule has 0 aliphatic carbocycles. The van der Waals surface area contributed by atoms with E-state index in [1.165, 1.54) is 28.9 Å². The lowest BCUT2D eigenvalue weighted by Crippen LogP contribution is -2.14. The highest BCUT2D eigenvalue weighted by Crippen LogP contribution is 2.16. The third-order valence-corrected chi connectivity index (χ3v) is 3.87. The summed E-state index contributed by atoms with van der Waals surface area (Å²) >= 11 is 0. The maximum absolute atomic E-state index is 12.9. The second-order valence-corrected chi connectivity index (χ2v) is 5.83. The normalized spacial score (nSPS) is 10.9. The molecule has 0 atom stereocenters.